The smallest absolute Gasteiger partial charge is 0.336 e. The van der Waals surface area contributed by atoms with Crippen LogP contribution in [-0.4, -0.2) is 31.1 Å². The van der Waals surface area contributed by atoms with Gasteiger partial charge in [-0.25, -0.2) is 9.59 Å². The summed E-state index contributed by atoms with van der Waals surface area (Å²) >= 11 is 0. The molecular formula is C17H16N2O6. The molecule has 1 N–H and O–H groups in total. The molecule has 0 bridgehead atoms. The van der Waals surface area contributed by atoms with E-state index < -0.39 is 22.8 Å². The molecule has 25 heavy (non-hydrogen) atoms. The Morgan fingerprint density at radius 1 is 1.16 bits per heavy atom. The number of hydrogen-bond acceptors (Lipinski definition) is 7. The largest absolute Gasteiger partial charge is 0.466 e. The van der Waals surface area contributed by atoms with Crippen LogP contribution in [-0.2, 0) is 19.1 Å². The average molecular weight is 344 g/mol. The first kappa shape index (κ1) is 18.0. The van der Waals surface area contributed by atoms with Crippen LogP contribution in [0.15, 0.2) is 34.7 Å². The van der Waals surface area contributed by atoms with E-state index in [2.05, 4.69) is 17.4 Å². The topological polar surface area (TPSA) is 108 Å². The van der Waals surface area contributed by atoms with Crippen molar-refractivity contribution in [3.05, 3.63) is 62.5 Å². The maximum Gasteiger partial charge on any atom is 0.336 e. The Balaban J connectivity index is 2.80. The fourth-order valence-electron chi connectivity index (χ4n) is 2.82. The number of methoxy groups -OCH3 is 2. The number of carbonyl (C=O) groups excluding carboxylic acids is 2. The van der Waals surface area contributed by atoms with Gasteiger partial charge in [0.05, 0.1) is 41.8 Å². The number of nitro groups is 1. The lowest BCUT2D eigenvalue weighted by Gasteiger charge is -2.28. The first-order valence-corrected chi connectivity index (χ1v) is 7.25. The van der Waals surface area contributed by atoms with Gasteiger partial charge in [0, 0.05) is 17.5 Å². The van der Waals surface area contributed by atoms with Gasteiger partial charge < -0.3 is 14.8 Å². The van der Waals surface area contributed by atoms with Crippen LogP contribution in [0, 0.1) is 22.2 Å². The molecule has 0 unspecified atom stereocenters. The van der Waals surface area contributed by atoms with Crippen LogP contribution in [0.25, 0.3) is 0 Å². The van der Waals surface area contributed by atoms with Crippen molar-refractivity contribution < 1.29 is 24.0 Å². The first-order chi connectivity index (χ1) is 11.8. The summed E-state index contributed by atoms with van der Waals surface area (Å²) in [5, 5.41) is 14.3. The Kier molecular flexibility index (Phi) is 5.08. The van der Waals surface area contributed by atoms with Crippen LogP contribution >= 0.6 is 0 Å². The lowest BCUT2D eigenvalue weighted by Crippen LogP contribution is -2.32. The summed E-state index contributed by atoms with van der Waals surface area (Å²) in [6.45, 7) is 3.24. The van der Waals surface area contributed by atoms with Gasteiger partial charge >= 0.3 is 11.9 Å². The van der Waals surface area contributed by atoms with Gasteiger partial charge in [0.2, 0.25) is 0 Å². The van der Waals surface area contributed by atoms with Crippen molar-refractivity contribution in [1.82, 2.24) is 5.32 Å². The van der Waals surface area contributed by atoms with Crippen LogP contribution in [0.4, 0.5) is 5.69 Å². The summed E-state index contributed by atoms with van der Waals surface area (Å²) in [6.07, 6.45) is 0. The lowest BCUT2D eigenvalue weighted by molar-refractivity contribution is -0.385. The van der Waals surface area contributed by atoms with Crippen molar-refractivity contribution in [2.45, 2.75) is 19.8 Å². The first-order valence-electron chi connectivity index (χ1n) is 7.25. The molecule has 1 aliphatic heterocycles. The van der Waals surface area contributed by atoms with E-state index in [0.717, 1.165) is 0 Å². The standard InChI is InChI=1S/C17H16N2O6/c1-9-13(16(20)24-3)15(14(10(2)18-9)17(21)25-4)11-7-5-6-8-12(11)19(22)23/h6,8,15,18H,1-4H3. The predicted octanol–water partition coefficient (Wildman–Crippen LogP) is 1.78. The molecule has 2 rings (SSSR count). The Morgan fingerprint density at radius 2 is 1.68 bits per heavy atom. The summed E-state index contributed by atoms with van der Waals surface area (Å²) in [5.41, 5.74) is 0.754. The minimum Gasteiger partial charge on any atom is -0.466 e. The number of dihydropyridines is 1. The molecule has 8 nitrogen and oxygen atoms in total. The van der Waals surface area contributed by atoms with Gasteiger partial charge in [-0.1, -0.05) is 12.1 Å². The zero-order valence-corrected chi connectivity index (χ0v) is 14.1. The van der Waals surface area contributed by atoms with Gasteiger partial charge in [-0.3, -0.25) is 10.1 Å². The highest BCUT2D eigenvalue weighted by Crippen LogP contribution is 2.41. The van der Waals surface area contributed by atoms with Gasteiger partial charge in [0.15, 0.2) is 0 Å². The van der Waals surface area contributed by atoms with E-state index in [4.69, 9.17) is 9.47 Å². The van der Waals surface area contributed by atoms with Crippen LogP contribution in [0.5, 0.6) is 0 Å². The molecule has 0 saturated carbocycles. The van der Waals surface area contributed by atoms with E-state index >= 15 is 0 Å². The normalized spacial score (nSPS) is 14.6. The molecule has 0 radical (unpaired) electrons. The highest BCUT2D eigenvalue weighted by Gasteiger charge is 2.40. The number of allylic oxidation sites excluding steroid dienone is 2. The Labute approximate surface area is 144 Å². The number of nitrogens with zero attached hydrogens (tertiary/aromatic N) is 1. The van der Waals surface area contributed by atoms with E-state index in [1.165, 1.54) is 26.4 Å². The zero-order chi connectivity index (χ0) is 18.7. The summed E-state index contributed by atoms with van der Waals surface area (Å²) in [5.74, 6) is -2.48. The van der Waals surface area contributed by atoms with Gasteiger partial charge in [0.1, 0.15) is 0 Å². The second kappa shape index (κ2) is 7.05. The van der Waals surface area contributed by atoms with Gasteiger partial charge in [-0.2, -0.15) is 0 Å². The van der Waals surface area contributed by atoms with Gasteiger partial charge in [-0.15, -0.1) is 0 Å². The molecule has 0 aliphatic carbocycles. The van der Waals surface area contributed by atoms with E-state index in [1.807, 2.05) is 0 Å². The second-order valence-corrected chi connectivity index (χ2v) is 5.28. The molecule has 0 amide bonds. The van der Waals surface area contributed by atoms with Gasteiger partial charge in [-0.05, 0) is 19.9 Å². The van der Waals surface area contributed by atoms with Crippen molar-refractivity contribution in [2.24, 2.45) is 0 Å². The van der Waals surface area contributed by atoms with E-state index in [0.29, 0.717) is 11.4 Å². The third kappa shape index (κ3) is 3.17. The van der Waals surface area contributed by atoms with E-state index in [9.17, 15) is 19.7 Å². The molecule has 8 heteroatoms. The molecule has 1 aromatic rings. The van der Waals surface area contributed by atoms with Crippen molar-refractivity contribution in [3.8, 4) is 0 Å². The SMILES string of the molecule is COC(=O)C1=C(C)NC(C)=C(C(=O)OC)C1c1c#cccc1[N+](=O)[O-]. The number of carbonyl (C=O) groups is 2. The van der Waals surface area contributed by atoms with Crippen LogP contribution in [0.1, 0.15) is 25.3 Å². The maximum absolute atomic E-state index is 12.3. The average Bonchev–Trinajstić information content (AvgIpc) is 2.59. The summed E-state index contributed by atoms with van der Waals surface area (Å²) < 4.78 is 9.61. The summed E-state index contributed by atoms with van der Waals surface area (Å²) in [4.78, 5) is 35.4. The van der Waals surface area contributed by atoms with E-state index in [1.54, 1.807) is 13.8 Å². The molecule has 130 valence electrons. The minimum atomic E-state index is -1.06. The molecule has 0 fully saturated rings. The number of nitrogens with one attached hydrogen (secondary N) is 1. The Hall–Kier alpha value is -3.34. The van der Waals surface area contributed by atoms with Crippen molar-refractivity contribution in [1.29, 1.82) is 0 Å². The third-order valence-corrected chi connectivity index (χ3v) is 3.86. The molecule has 0 atom stereocenters. The van der Waals surface area contributed by atoms with Crippen LogP contribution in [0.3, 0.4) is 0 Å². The van der Waals surface area contributed by atoms with Crippen molar-refractivity contribution in [3.63, 3.8) is 0 Å². The summed E-state index contributed by atoms with van der Waals surface area (Å²) in [6, 6.07) is 7.88. The number of esters is 2. The lowest BCUT2D eigenvalue weighted by atomic mass is 9.80. The third-order valence-electron chi connectivity index (χ3n) is 3.86. The predicted molar refractivity (Wildman–Crippen MR) is 86.1 cm³/mol. The zero-order valence-electron chi connectivity index (χ0n) is 14.1. The fraction of sp³-hybridized carbons (Fsp3) is 0.294. The van der Waals surface area contributed by atoms with Crippen molar-refractivity contribution >= 4 is 17.6 Å². The number of hydrogen-bond donors (Lipinski definition) is 1. The minimum absolute atomic E-state index is 0.0356. The second-order valence-electron chi connectivity index (χ2n) is 5.28. The maximum atomic E-state index is 12.3. The van der Waals surface area contributed by atoms with Crippen LogP contribution in [0.2, 0.25) is 0 Å². The van der Waals surface area contributed by atoms with Gasteiger partial charge in [0.25, 0.3) is 5.69 Å². The molecule has 0 aromatic heterocycles. The quantitative estimate of drug-likeness (QED) is 0.504. The molecular weight excluding hydrogens is 328 g/mol. The summed E-state index contributed by atoms with van der Waals surface area (Å²) in [7, 11) is 2.38. The molecule has 1 aromatic carbocycles. The molecule has 0 spiro atoms. The molecule has 1 aliphatic rings. The Bertz CT molecular complexity index is 771. The highest BCUT2D eigenvalue weighted by atomic mass is 16.6. The fourth-order valence-corrected chi connectivity index (χ4v) is 2.82. The molecule has 1 heterocycles. The van der Waals surface area contributed by atoms with Crippen LogP contribution < -0.4 is 5.32 Å². The van der Waals surface area contributed by atoms with E-state index in [-0.39, 0.29) is 22.4 Å². The number of ether oxygens (including phenoxy) is 2. The monoisotopic (exact) mass is 344 g/mol. The highest BCUT2D eigenvalue weighted by molar-refractivity contribution is 6.00. The molecule has 0 saturated heterocycles. The Morgan fingerprint density at radius 3 is 2.12 bits per heavy atom. The van der Waals surface area contributed by atoms with Crippen molar-refractivity contribution in [2.75, 3.05) is 14.2 Å². The number of rotatable bonds is 4.